The van der Waals surface area contributed by atoms with E-state index in [-0.39, 0.29) is 11.4 Å². The first-order valence-electron chi connectivity index (χ1n) is 2.77. The summed E-state index contributed by atoms with van der Waals surface area (Å²) in [5.41, 5.74) is -0.322. The van der Waals surface area contributed by atoms with E-state index in [9.17, 15) is 10.1 Å². The Balaban J connectivity index is 3.23. The Morgan fingerprint density at radius 2 is 2.18 bits per heavy atom. The van der Waals surface area contributed by atoms with Gasteiger partial charge in [0, 0.05) is 11.0 Å². The average Bonchev–Trinajstić information content (AvgIpc) is 1.94. The second kappa shape index (κ2) is 2.79. The fourth-order valence-electron chi connectivity index (χ4n) is 0.658. The summed E-state index contributed by atoms with van der Waals surface area (Å²) in [6.45, 7) is 0. The Kier molecular flexibility index (Phi) is 2.00. The molecular formula is C6H5NO3S. The molecule has 1 aromatic carbocycles. The van der Waals surface area contributed by atoms with Gasteiger partial charge in [0.1, 0.15) is 0 Å². The number of hydrogen-bond donors (Lipinski definition) is 2. The summed E-state index contributed by atoms with van der Waals surface area (Å²) in [7, 11) is 0. The molecule has 11 heavy (non-hydrogen) atoms. The normalized spacial score (nSPS) is 9.55. The Morgan fingerprint density at radius 1 is 1.55 bits per heavy atom. The predicted molar refractivity (Wildman–Crippen MR) is 42.0 cm³/mol. The Morgan fingerprint density at radius 3 is 2.64 bits per heavy atom. The highest BCUT2D eigenvalue weighted by Crippen LogP contribution is 2.27. The van der Waals surface area contributed by atoms with E-state index in [1.54, 1.807) is 0 Å². The minimum absolute atomic E-state index is 0.322. The number of nitro benzene ring substituents is 1. The van der Waals surface area contributed by atoms with E-state index in [0.717, 1.165) is 0 Å². The maximum atomic E-state index is 10.2. The van der Waals surface area contributed by atoms with Crippen molar-refractivity contribution in [3.63, 3.8) is 0 Å². The van der Waals surface area contributed by atoms with Gasteiger partial charge in [-0.05, 0) is 12.1 Å². The third kappa shape index (κ3) is 1.62. The molecule has 0 bridgehead atoms. The van der Waals surface area contributed by atoms with Crippen LogP contribution in [-0.2, 0) is 0 Å². The summed E-state index contributed by atoms with van der Waals surface area (Å²) in [4.78, 5) is 9.98. The Labute approximate surface area is 68.0 Å². The lowest BCUT2D eigenvalue weighted by molar-refractivity contribution is -0.386. The lowest BCUT2D eigenvalue weighted by Gasteiger charge is -1.94. The van der Waals surface area contributed by atoms with E-state index in [2.05, 4.69) is 12.6 Å². The van der Waals surface area contributed by atoms with E-state index in [1.165, 1.54) is 18.2 Å². The smallest absolute Gasteiger partial charge is 0.311 e. The van der Waals surface area contributed by atoms with Crippen LogP contribution in [0.15, 0.2) is 23.1 Å². The van der Waals surface area contributed by atoms with Gasteiger partial charge >= 0.3 is 5.69 Å². The molecule has 0 atom stereocenters. The van der Waals surface area contributed by atoms with Gasteiger partial charge in [-0.2, -0.15) is 0 Å². The molecule has 1 aromatic rings. The molecule has 58 valence electrons. The van der Waals surface area contributed by atoms with Crippen molar-refractivity contribution >= 4 is 18.3 Å². The zero-order valence-corrected chi connectivity index (χ0v) is 6.28. The second-order valence-electron chi connectivity index (χ2n) is 1.93. The van der Waals surface area contributed by atoms with E-state index in [0.29, 0.717) is 4.90 Å². The lowest BCUT2D eigenvalue weighted by Crippen LogP contribution is -1.87. The van der Waals surface area contributed by atoms with Gasteiger partial charge in [0.25, 0.3) is 0 Å². The van der Waals surface area contributed by atoms with Crippen LogP contribution in [0.2, 0.25) is 0 Å². The average molecular weight is 171 g/mol. The molecule has 0 aliphatic carbocycles. The predicted octanol–water partition coefficient (Wildman–Crippen LogP) is 1.59. The zero-order valence-electron chi connectivity index (χ0n) is 5.39. The maximum absolute atomic E-state index is 10.2. The number of hydrogen-bond acceptors (Lipinski definition) is 4. The molecule has 5 heteroatoms. The number of phenols is 1. The van der Waals surface area contributed by atoms with Crippen LogP contribution in [0.1, 0.15) is 0 Å². The van der Waals surface area contributed by atoms with Crippen molar-refractivity contribution in [1.82, 2.24) is 0 Å². The van der Waals surface area contributed by atoms with Crippen molar-refractivity contribution < 1.29 is 10.0 Å². The molecule has 0 aromatic heterocycles. The molecule has 0 saturated heterocycles. The van der Waals surface area contributed by atoms with Crippen LogP contribution in [0.3, 0.4) is 0 Å². The standard InChI is InChI=1S/C6H5NO3S/c8-6-2-1-4(11)3-5(6)7(9)10/h1-3,8,11H. The fourth-order valence-corrected chi connectivity index (χ4v) is 0.855. The van der Waals surface area contributed by atoms with Gasteiger partial charge < -0.3 is 5.11 Å². The van der Waals surface area contributed by atoms with Gasteiger partial charge in [-0.15, -0.1) is 12.6 Å². The third-order valence-corrected chi connectivity index (χ3v) is 1.43. The molecule has 1 N–H and O–H groups in total. The lowest BCUT2D eigenvalue weighted by atomic mass is 10.3. The molecule has 0 radical (unpaired) electrons. The minimum atomic E-state index is -0.658. The van der Waals surface area contributed by atoms with Crippen LogP contribution < -0.4 is 0 Å². The van der Waals surface area contributed by atoms with Crippen molar-refractivity contribution in [3.05, 3.63) is 28.3 Å². The summed E-state index contributed by atoms with van der Waals surface area (Å²) in [6.07, 6.45) is 0. The van der Waals surface area contributed by atoms with Gasteiger partial charge in [0.2, 0.25) is 0 Å². The first kappa shape index (κ1) is 7.87. The third-order valence-electron chi connectivity index (χ3n) is 1.16. The van der Waals surface area contributed by atoms with Gasteiger partial charge in [-0.3, -0.25) is 10.1 Å². The summed E-state index contributed by atoms with van der Waals surface area (Å²) < 4.78 is 0. The molecule has 0 amide bonds. The molecule has 0 fully saturated rings. The highest BCUT2D eigenvalue weighted by molar-refractivity contribution is 7.80. The zero-order chi connectivity index (χ0) is 8.43. The molecule has 1 rings (SSSR count). The number of phenolic OH excluding ortho intramolecular Hbond substituents is 1. The summed E-state index contributed by atoms with van der Waals surface area (Å²) >= 11 is 3.88. The highest BCUT2D eigenvalue weighted by Gasteiger charge is 2.11. The van der Waals surface area contributed by atoms with Crippen LogP contribution in [-0.4, -0.2) is 10.0 Å². The Hall–Kier alpha value is -1.23. The molecule has 4 nitrogen and oxygen atoms in total. The highest BCUT2D eigenvalue weighted by atomic mass is 32.1. The molecule has 0 aliphatic heterocycles. The van der Waals surface area contributed by atoms with Crippen LogP contribution in [0.4, 0.5) is 5.69 Å². The van der Waals surface area contributed by atoms with Crippen LogP contribution in [0, 0.1) is 10.1 Å². The first-order chi connectivity index (χ1) is 5.11. The van der Waals surface area contributed by atoms with Gasteiger partial charge in [0.05, 0.1) is 4.92 Å². The van der Waals surface area contributed by atoms with Crippen LogP contribution >= 0.6 is 12.6 Å². The molecule has 0 aliphatic rings. The number of aromatic hydroxyl groups is 1. The van der Waals surface area contributed by atoms with Crippen molar-refractivity contribution in [1.29, 1.82) is 0 Å². The SMILES string of the molecule is O=[N+]([O-])c1cc(S)ccc1O. The summed E-state index contributed by atoms with van der Waals surface area (Å²) in [5.74, 6) is -0.340. The van der Waals surface area contributed by atoms with Gasteiger partial charge in [0.15, 0.2) is 5.75 Å². The van der Waals surface area contributed by atoms with E-state index in [4.69, 9.17) is 5.11 Å². The van der Waals surface area contributed by atoms with E-state index in [1.807, 2.05) is 0 Å². The number of rotatable bonds is 1. The number of nitrogens with zero attached hydrogens (tertiary/aromatic N) is 1. The van der Waals surface area contributed by atoms with Crippen molar-refractivity contribution in [2.45, 2.75) is 4.90 Å². The maximum Gasteiger partial charge on any atom is 0.311 e. The molecular weight excluding hydrogens is 166 g/mol. The molecule has 0 saturated carbocycles. The molecule has 0 spiro atoms. The van der Waals surface area contributed by atoms with E-state index < -0.39 is 4.92 Å². The van der Waals surface area contributed by atoms with Crippen molar-refractivity contribution in [2.24, 2.45) is 0 Å². The van der Waals surface area contributed by atoms with Crippen LogP contribution in [0.5, 0.6) is 5.75 Å². The van der Waals surface area contributed by atoms with Gasteiger partial charge in [-0.1, -0.05) is 0 Å². The fraction of sp³-hybridized carbons (Fsp3) is 0. The minimum Gasteiger partial charge on any atom is -0.502 e. The quantitative estimate of drug-likeness (QED) is 0.383. The molecule has 0 unspecified atom stereocenters. The van der Waals surface area contributed by atoms with Crippen molar-refractivity contribution in [2.75, 3.05) is 0 Å². The Bertz CT molecular complexity index is 300. The summed E-state index contributed by atoms with van der Waals surface area (Å²) in [6, 6.07) is 3.91. The number of nitro groups is 1. The summed E-state index contributed by atoms with van der Waals surface area (Å²) in [5, 5.41) is 19.1. The first-order valence-corrected chi connectivity index (χ1v) is 3.22. The van der Waals surface area contributed by atoms with E-state index >= 15 is 0 Å². The topological polar surface area (TPSA) is 63.4 Å². The van der Waals surface area contributed by atoms with Gasteiger partial charge in [-0.25, -0.2) is 0 Å². The molecule has 0 heterocycles. The largest absolute Gasteiger partial charge is 0.502 e. The monoisotopic (exact) mass is 171 g/mol. The second-order valence-corrected chi connectivity index (χ2v) is 2.45. The number of thiol groups is 1. The van der Waals surface area contributed by atoms with Crippen LogP contribution in [0.25, 0.3) is 0 Å². The van der Waals surface area contributed by atoms with Crippen molar-refractivity contribution in [3.8, 4) is 5.75 Å². The number of benzene rings is 1.